The Morgan fingerprint density at radius 3 is 2.75 bits per heavy atom. The van der Waals surface area contributed by atoms with Gasteiger partial charge in [-0.1, -0.05) is 0 Å². The lowest BCUT2D eigenvalue weighted by atomic mass is 10.1. The highest BCUT2D eigenvalue weighted by Crippen LogP contribution is 2.20. The van der Waals surface area contributed by atoms with Crippen molar-refractivity contribution in [1.29, 1.82) is 0 Å². The Hall–Kier alpha value is -1.79. The predicted octanol–water partition coefficient (Wildman–Crippen LogP) is 0.500. The van der Waals surface area contributed by atoms with Gasteiger partial charge in [0.2, 0.25) is 5.91 Å². The lowest BCUT2D eigenvalue weighted by molar-refractivity contribution is 0.0368. The van der Waals surface area contributed by atoms with Crippen LogP contribution in [0, 0.1) is 0 Å². The number of anilines is 2. The summed E-state index contributed by atoms with van der Waals surface area (Å²) in [6, 6.07) is 5.34. The lowest BCUT2D eigenvalue weighted by Crippen LogP contribution is -2.42. The number of benzene rings is 1. The molecular formula is C14H22N4O2. The first-order valence-electron chi connectivity index (χ1n) is 6.82. The van der Waals surface area contributed by atoms with Crippen LogP contribution in [0.4, 0.5) is 11.4 Å². The van der Waals surface area contributed by atoms with E-state index in [2.05, 4.69) is 17.1 Å². The average molecular weight is 278 g/mol. The van der Waals surface area contributed by atoms with Crippen LogP contribution in [-0.2, 0) is 4.74 Å². The second kappa shape index (κ2) is 6.58. The Bertz CT molecular complexity index is 472. The maximum Gasteiger partial charge on any atom is 0.248 e. The summed E-state index contributed by atoms with van der Waals surface area (Å²) in [5, 5.41) is 3.36. The lowest BCUT2D eigenvalue weighted by Gasteiger charge is -2.30. The molecule has 0 bridgehead atoms. The molecule has 0 radical (unpaired) electrons. The van der Waals surface area contributed by atoms with Gasteiger partial charge in [0, 0.05) is 31.2 Å². The van der Waals surface area contributed by atoms with Crippen molar-refractivity contribution in [2.24, 2.45) is 5.73 Å². The highest BCUT2D eigenvalue weighted by Gasteiger charge is 2.14. The summed E-state index contributed by atoms with van der Waals surface area (Å²) in [6.07, 6.45) is 0. The van der Waals surface area contributed by atoms with E-state index in [1.165, 1.54) is 0 Å². The van der Waals surface area contributed by atoms with Gasteiger partial charge in [0.05, 0.1) is 24.6 Å². The van der Waals surface area contributed by atoms with E-state index in [9.17, 15) is 4.79 Å². The van der Waals surface area contributed by atoms with Gasteiger partial charge in [0.25, 0.3) is 0 Å². The summed E-state index contributed by atoms with van der Waals surface area (Å²) in [5.74, 6) is -0.468. The van der Waals surface area contributed by atoms with Crippen molar-refractivity contribution in [2.75, 3.05) is 43.9 Å². The normalized spacial score (nSPS) is 17.6. The Labute approximate surface area is 119 Å². The number of primary amides is 1. The zero-order chi connectivity index (χ0) is 14.5. The fourth-order valence-electron chi connectivity index (χ4n) is 2.33. The van der Waals surface area contributed by atoms with Gasteiger partial charge in [-0.2, -0.15) is 0 Å². The molecule has 0 aliphatic carbocycles. The molecule has 1 atom stereocenters. The molecular weight excluding hydrogens is 256 g/mol. The molecule has 6 heteroatoms. The molecule has 5 N–H and O–H groups in total. The molecule has 1 aliphatic rings. The summed E-state index contributed by atoms with van der Waals surface area (Å²) < 4.78 is 5.33. The van der Waals surface area contributed by atoms with E-state index in [-0.39, 0.29) is 6.04 Å². The maximum atomic E-state index is 11.1. The summed E-state index contributed by atoms with van der Waals surface area (Å²) in [4.78, 5) is 13.4. The number of nitrogens with two attached hydrogens (primary N) is 2. The fourth-order valence-corrected chi connectivity index (χ4v) is 2.33. The zero-order valence-electron chi connectivity index (χ0n) is 11.8. The minimum Gasteiger partial charge on any atom is -0.397 e. The third-order valence-corrected chi connectivity index (χ3v) is 3.37. The van der Waals surface area contributed by atoms with Crippen molar-refractivity contribution in [3.05, 3.63) is 23.8 Å². The molecule has 0 saturated carbocycles. The van der Waals surface area contributed by atoms with Gasteiger partial charge < -0.3 is 21.5 Å². The molecule has 2 rings (SSSR count). The Kier molecular flexibility index (Phi) is 4.81. The summed E-state index contributed by atoms with van der Waals surface area (Å²) >= 11 is 0. The van der Waals surface area contributed by atoms with Gasteiger partial charge in [0.1, 0.15) is 0 Å². The standard InChI is InChI=1S/C14H22N4O2/c1-10(9-18-4-6-20-7-5-18)17-13-3-2-11(14(16)19)8-12(13)15/h2-3,8,10,17H,4-7,9,15H2,1H3,(H2,16,19). The Morgan fingerprint density at radius 1 is 1.45 bits per heavy atom. The topological polar surface area (TPSA) is 93.6 Å². The van der Waals surface area contributed by atoms with Crippen LogP contribution in [0.15, 0.2) is 18.2 Å². The van der Waals surface area contributed by atoms with Crippen LogP contribution in [0.3, 0.4) is 0 Å². The van der Waals surface area contributed by atoms with Crippen molar-refractivity contribution < 1.29 is 9.53 Å². The van der Waals surface area contributed by atoms with Crippen molar-refractivity contribution >= 4 is 17.3 Å². The number of hydrogen-bond acceptors (Lipinski definition) is 5. The Balaban J connectivity index is 1.93. The quantitative estimate of drug-likeness (QED) is 0.682. The van der Waals surface area contributed by atoms with Gasteiger partial charge in [-0.05, 0) is 25.1 Å². The number of amides is 1. The van der Waals surface area contributed by atoms with Crippen molar-refractivity contribution in [3.8, 4) is 0 Å². The number of nitrogen functional groups attached to an aromatic ring is 1. The van der Waals surface area contributed by atoms with E-state index in [1.807, 2.05) is 0 Å². The van der Waals surface area contributed by atoms with Crippen molar-refractivity contribution in [3.63, 3.8) is 0 Å². The Morgan fingerprint density at radius 2 is 2.15 bits per heavy atom. The maximum absolute atomic E-state index is 11.1. The highest BCUT2D eigenvalue weighted by atomic mass is 16.5. The van der Waals surface area contributed by atoms with Crippen LogP contribution in [-0.4, -0.2) is 49.7 Å². The van der Waals surface area contributed by atoms with E-state index in [0.29, 0.717) is 11.3 Å². The second-order valence-electron chi connectivity index (χ2n) is 5.12. The molecule has 0 aromatic heterocycles. The molecule has 1 aromatic carbocycles. The summed E-state index contributed by atoms with van der Waals surface area (Å²) in [6.45, 7) is 6.55. The van der Waals surface area contributed by atoms with E-state index >= 15 is 0 Å². The van der Waals surface area contributed by atoms with Gasteiger partial charge in [-0.3, -0.25) is 9.69 Å². The molecule has 110 valence electrons. The minimum atomic E-state index is -0.468. The van der Waals surface area contributed by atoms with Gasteiger partial charge >= 0.3 is 0 Å². The molecule has 1 aliphatic heterocycles. The molecule has 6 nitrogen and oxygen atoms in total. The summed E-state index contributed by atoms with van der Waals surface area (Å²) in [7, 11) is 0. The first kappa shape index (κ1) is 14.6. The fraction of sp³-hybridized carbons (Fsp3) is 0.500. The van der Waals surface area contributed by atoms with E-state index < -0.39 is 5.91 Å². The minimum absolute atomic E-state index is 0.259. The van der Waals surface area contributed by atoms with Crippen LogP contribution in [0.25, 0.3) is 0 Å². The largest absolute Gasteiger partial charge is 0.397 e. The second-order valence-corrected chi connectivity index (χ2v) is 5.12. The zero-order valence-corrected chi connectivity index (χ0v) is 11.8. The highest BCUT2D eigenvalue weighted by molar-refractivity contribution is 5.94. The molecule has 1 amide bonds. The number of carbonyl (C=O) groups excluding carboxylic acids is 1. The van der Waals surface area contributed by atoms with Crippen molar-refractivity contribution in [2.45, 2.75) is 13.0 Å². The molecule has 1 aromatic rings. The monoisotopic (exact) mass is 278 g/mol. The van der Waals surface area contributed by atoms with E-state index in [0.717, 1.165) is 38.5 Å². The number of morpholine rings is 1. The van der Waals surface area contributed by atoms with E-state index in [4.69, 9.17) is 16.2 Å². The third kappa shape index (κ3) is 3.85. The third-order valence-electron chi connectivity index (χ3n) is 3.37. The molecule has 20 heavy (non-hydrogen) atoms. The SMILES string of the molecule is CC(CN1CCOCC1)Nc1ccc(C(N)=O)cc1N. The van der Waals surface area contributed by atoms with Crippen molar-refractivity contribution in [1.82, 2.24) is 4.90 Å². The number of carbonyl (C=O) groups is 1. The number of nitrogens with zero attached hydrogens (tertiary/aromatic N) is 1. The molecule has 1 saturated heterocycles. The first-order valence-corrected chi connectivity index (χ1v) is 6.82. The predicted molar refractivity (Wildman–Crippen MR) is 79.7 cm³/mol. The number of rotatable bonds is 5. The van der Waals surface area contributed by atoms with Crippen LogP contribution in [0.2, 0.25) is 0 Å². The van der Waals surface area contributed by atoms with Crippen LogP contribution >= 0.6 is 0 Å². The number of ether oxygens (including phenoxy) is 1. The molecule has 0 spiro atoms. The summed E-state index contributed by atoms with van der Waals surface area (Å²) in [5.41, 5.74) is 13.0. The number of nitrogens with one attached hydrogen (secondary N) is 1. The smallest absolute Gasteiger partial charge is 0.248 e. The molecule has 1 heterocycles. The van der Waals surface area contributed by atoms with Gasteiger partial charge in [-0.25, -0.2) is 0 Å². The molecule has 1 unspecified atom stereocenters. The van der Waals surface area contributed by atoms with E-state index in [1.54, 1.807) is 18.2 Å². The van der Waals surface area contributed by atoms with Gasteiger partial charge in [0.15, 0.2) is 0 Å². The van der Waals surface area contributed by atoms with Crippen LogP contribution in [0.5, 0.6) is 0 Å². The van der Waals surface area contributed by atoms with Crippen LogP contribution in [0.1, 0.15) is 17.3 Å². The van der Waals surface area contributed by atoms with Gasteiger partial charge in [-0.15, -0.1) is 0 Å². The first-order chi connectivity index (χ1) is 9.56. The van der Waals surface area contributed by atoms with Crippen LogP contribution < -0.4 is 16.8 Å². The molecule has 1 fully saturated rings. The number of hydrogen-bond donors (Lipinski definition) is 3. The average Bonchev–Trinajstić information content (AvgIpc) is 2.42.